The van der Waals surface area contributed by atoms with Gasteiger partial charge >= 0.3 is 0 Å². The Morgan fingerprint density at radius 1 is 1.03 bits per heavy atom. The van der Waals surface area contributed by atoms with Gasteiger partial charge in [0.2, 0.25) is 5.91 Å². The van der Waals surface area contributed by atoms with Gasteiger partial charge in [-0.2, -0.15) is 0 Å². The predicted molar refractivity (Wildman–Crippen MR) is 144 cm³/mol. The molecule has 36 heavy (non-hydrogen) atoms. The number of benzene rings is 2. The first-order valence-corrected chi connectivity index (χ1v) is 12.8. The maximum absolute atomic E-state index is 12.8. The highest BCUT2D eigenvalue weighted by Gasteiger charge is 2.27. The van der Waals surface area contributed by atoms with Gasteiger partial charge in [0.25, 0.3) is 5.91 Å². The van der Waals surface area contributed by atoms with Crippen LogP contribution in [-0.2, 0) is 11.3 Å². The zero-order valence-corrected chi connectivity index (χ0v) is 21.3. The quantitative estimate of drug-likeness (QED) is 0.463. The third-order valence-electron chi connectivity index (χ3n) is 6.64. The monoisotopic (exact) mass is 523 g/mol. The molecule has 0 unspecified atom stereocenters. The van der Waals surface area contributed by atoms with Crippen molar-refractivity contribution in [2.24, 2.45) is 0 Å². The highest BCUT2D eigenvalue weighted by atomic mass is 35.5. The van der Waals surface area contributed by atoms with E-state index in [1.807, 2.05) is 30.3 Å². The maximum atomic E-state index is 12.8. The van der Waals surface area contributed by atoms with Crippen LogP contribution in [0.4, 0.5) is 11.5 Å². The van der Waals surface area contributed by atoms with E-state index >= 15 is 0 Å². The summed E-state index contributed by atoms with van der Waals surface area (Å²) in [5, 5.41) is 7.09. The van der Waals surface area contributed by atoms with E-state index in [9.17, 15) is 9.59 Å². The molecule has 3 heterocycles. The molecular weight excluding hydrogens is 497 g/mol. The van der Waals surface area contributed by atoms with Crippen molar-refractivity contribution in [1.29, 1.82) is 0 Å². The van der Waals surface area contributed by atoms with Crippen LogP contribution in [0.5, 0.6) is 0 Å². The second-order valence-electron chi connectivity index (χ2n) is 9.01. The number of halogens is 2. The summed E-state index contributed by atoms with van der Waals surface area (Å²) < 4.78 is 0. The zero-order valence-electron chi connectivity index (χ0n) is 19.8. The zero-order chi connectivity index (χ0) is 25.1. The summed E-state index contributed by atoms with van der Waals surface area (Å²) >= 11 is 12.7. The van der Waals surface area contributed by atoms with E-state index in [-0.39, 0.29) is 24.9 Å². The van der Waals surface area contributed by atoms with Gasteiger partial charge in [0.1, 0.15) is 0 Å². The van der Waals surface area contributed by atoms with Crippen LogP contribution >= 0.6 is 23.2 Å². The molecule has 2 amide bonds. The van der Waals surface area contributed by atoms with Crippen LogP contribution in [0.25, 0.3) is 11.1 Å². The van der Waals surface area contributed by atoms with Crippen LogP contribution in [0, 0.1) is 0 Å². The maximum Gasteiger partial charge on any atom is 0.251 e. The first kappa shape index (κ1) is 24.6. The standard InChI is InChI=1S/C27H27Cl2N5O2/c28-22-4-3-5-23(29)21(22)17-34-24-14-20(15-31-26(24)32-16-25(34)35)18-6-8-19(9-7-18)27(36)30-10-13-33-11-1-2-12-33/h3-9,14-15H,1-2,10-13,16-17H2,(H,30,36)(H,31,32). The molecule has 5 rings (SSSR count). The largest absolute Gasteiger partial charge is 0.359 e. The van der Waals surface area contributed by atoms with Crippen molar-refractivity contribution in [2.75, 3.05) is 42.9 Å². The molecule has 0 bridgehead atoms. The number of fused-ring (bicyclic) bond motifs is 1. The molecule has 1 aromatic heterocycles. The minimum Gasteiger partial charge on any atom is -0.359 e. The number of hydrogen-bond acceptors (Lipinski definition) is 5. The molecule has 2 aliphatic heterocycles. The topological polar surface area (TPSA) is 77.6 Å². The molecule has 0 aliphatic carbocycles. The molecule has 186 valence electrons. The first-order chi connectivity index (χ1) is 17.5. The number of aromatic nitrogens is 1. The molecule has 1 fully saturated rings. The smallest absolute Gasteiger partial charge is 0.251 e. The van der Waals surface area contributed by atoms with Crippen LogP contribution in [0.3, 0.4) is 0 Å². The van der Waals surface area contributed by atoms with E-state index < -0.39 is 0 Å². The molecule has 0 saturated carbocycles. The number of carbonyl (C=O) groups excluding carboxylic acids is 2. The summed E-state index contributed by atoms with van der Waals surface area (Å²) in [5.41, 5.74) is 3.68. The highest BCUT2D eigenvalue weighted by molar-refractivity contribution is 6.36. The molecule has 2 aliphatic rings. The summed E-state index contributed by atoms with van der Waals surface area (Å²) in [7, 11) is 0. The van der Waals surface area contributed by atoms with Crippen LogP contribution < -0.4 is 15.5 Å². The summed E-state index contributed by atoms with van der Waals surface area (Å²) in [6, 6.07) is 14.6. The van der Waals surface area contributed by atoms with Gasteiger partial charge in [-0.15, -0.1) is 0 Å². The second kappa shape index (κ2) is 10.9. The Labute approximate surface area is 220 Å². The number of likely N-dealkylation sites (tertiary alicyclic amines) is 1. The van der Waals surface area contributed by atoms with E-state index in [0.29, 0.717) is 39.2 Å². The SMILES string of the molecule is O=C(NCCN1CCCC1)c1ccc(-c2cnc3c(c2)N(Cc2c(Cl)cccc2Cl)C(=O)CN3)cc1. The molecule has 2 aromatic carbocycles. The number of nitrogens with one attached hydrogen (secondary N) is 2. The van der Waals surface area contributed by atoms with Crippen molar-refractivity contribution in [1.82, 2.24) is 15.2 Å². The normalized spacial score (nSPS) is 15.5. The van der Waals surface area contributed by atoms with Gasteiger partial charge in [0.15, 0.2) is 5.82 Å². The average molecular weight is 524 g/mol. The third-order valence-corrected chi connectivity index (χ3v) is 7.35. The Hall–Kier alpha value is -3.13. The van der Waals surface area contributed by atoms with E-state index in [1.54, 1.807) is 29.3 Å². The van der Waals surface area contributed by atoms with Gasteiger partial charge in [0.05, 0.1) is 18.8 Å². The van der Waals surface area contributed by atoms with Gasteiger partial charge in [-0.3, -0.25) is 9.59 Å². The van der Waals surface area contributed by atoms with Crippen LogP contribution in [-0.4, -0.2) is 54.4 Å². The Balaban J connectivity index is 1.32. The molecule has 0 spiro atoms. The summed E-state index contributed by atoms with van der Waals surface area (Å²) in [6.07, 6.45) is 4.23. The first-order valence-electron chi connectivity index (χ1n) is 12.1. The van der Waals surface area contributed by atoms with E-state index in [4.69, 9.17) is 23.2 Å². The van der Waals surface area contributed by atoms with Crippen LogP contribution in [0.1, 0.15) is 28.8 Å². The molecular formula is C27H27Cl2N5O2. The minimum atomic E-state index is -0.0987. The lowest BCUT2D eigenvalue weighted by Crippen LogP contribution is -2.39. The molecule has 2 N–H and O–H groups in total. The van der Waals surface area contributed by atoms with Gasteiger partial charge in [-0.1, -0.05) is 41.4 Å². The van der Waals surface area contributed by atoms with Crippen molar-refractivity contribution < 1.29 is 9.59 Å². The van der Waals surface area contributed by atoms with Gasteiger partial charge in [0, 0.05) is 46.0 Å². The van der Waals surface area contributed by atoms with Crippen molar-refractivity contribution in [2.45, 2.75) is 19.4 Å². The number of carbonyl (C=O) groups is 2. The summed E-state index contributed by atoms with van der Waals surface area (Å²) in [6.45, 7) is 4.14. The van der Waals surface area contributed by atoms with E-state index in [2.05, 4.69) is 20.5 Å². The predicted octanol–water partition coefficient (Wildman–Crippen LogP) is 4.84. The molecule has 0 radical (unpaired) electrons. The summed E-state index contributed by atoms with van der Waals surface area (Å²) in [4.78, 5) is 33.9. The molecule has 7 nitrogen and oxygen atoms in total. The number of rotatable bonds is 7. The number of anilines is 2. The van der Waals surface area contributed by atoms with Crippen molar-refractivity contribution >= 4 is 46.5 Å². The number of nitrogens with zero attached hydrogens (tertiary/aromatic N) is 3. The lowest BCUT2D eigenvalue weighted by molar-refractivity contribution is -0.117. The fraction of sp³-hybridized carbons (Fsp3) is 0.296. The van der Waals surface area contributed by atoms with Crippen molar-refractivity contribution in [3.8, 4) is 11.1 Å². The van der Waals surface area contributed by atoms with Crippen LogP contribution in [0.2, 0.25) is 10.0 Å². The molecule has 1 saturated heterocycles. The fourth-order valence-corrected chi connectivity index (χ4v) is 5.12. The Bertz CT molecular complexity index is 1260. The molecule has 0 atom stereocenters. The van der Waals surface area contributed by atoms with E-state index in [0.717, 1.165) is 30.8 Å². The molecule has 9 heteroatoms. The molecule has 3 aromatic rings. The number of hydrogen-bond donors (Lipinski definition) is 2. The average Bonchev–Trinajstić information content (AvgIpc) is 3.41. The minimum absolute atomic E-state index is 0.0816. The van der Waals surface area contributed by atoms with Crippen molar-refractivity contribution in [3.05, 3.63) is 75.9 Å². The third kappa shape index (κ3) is 5.33. The number of pyridine rings is 1. The van der Waals surface area contributed by atoms with Crippen molar-refractivity contribution in [3.63, 3.8) is 0 Å². The fourth-order valence-electron chi connectivity index (χ4n) is 4.61. The van der Waals surface area contributed by atoms with Gasteiger partial charge < -0.3 is 20.4 Å². The van der Waals surface area contributed by atoms with Crippen LogP contribution in [0.15, 0.2) is 54.7 Å². The Morgan fingerprint density at radius 2 is 1.75 bits per heavy atom. The van der Waals surface area contributed by atoms with Gasteiger partial charge in [-0.25, -0.2) is 4.98 Å². The lowest BCUT2D eigenvalue weighted by atomic mass is 10.0. The number of amides is 2. The van der Waals surface area contributed by atoms with E-state index in [1.165, 1.54) is 12.8 Å². The Kier molecular flexibility index (Phi) is 7.41. The second-order valence-corrected chi connectivity index (χ2v) is 9.82. The lowest BCUT2D eigenvalue weighted by Gasteiger charge is -2.30. The summed E-state index contributed by atoms with van der Waals surface area (Å²) in [5.74, 6) is 0.441. The van der Waals surface area contributed by atoms with Gasteiger partial charge in [-0.05, 0) is 61.8 Å². The highest BCUT2D eigenvalue weighted by Crippen LogP contribution is 2.35. The Morgan fingerprint density at radius 3 is 2.47 bits per heavy atom.